The summed E-state index contributed by atoms with van der Waals surface area (Å²) in [6.07, 6.45) is 14.1. The van der Waals surface area contributed by atoms with Gasteiger partial charge < -0.3 is 14.1 Å². The molecule has 5 nitrogen and oxygen atoms in total. The van der Waals surface area contributed by atoms with Crippen LogP contribution in [0.3, 0.4) is 0 Å². The minimum atomic E-state index is -0.196. The van der Waals surface area contributed by atoms with Gasteiger partial charge in [0.15, 0.2) is 0 Å². The number of likely N-dealkylation sites (N-methyl/N-ethyl adjacent to an activating group) is 1. The van der Waals surface area contributed by atoms with Gasteiger partial charge in [-0.2, -0.15) is 0 Å². The number of nitrogens with zero attached hydrogens (tertiary/aromatic N) is 2. The van der Waals surface area contributed by atoms with E-state index in [0.717, 1.165) is 49.7 Å². The molecule has 2 bridgehead atoms. The van der Waals surface area contributed by atoms with Gasteiger partial charge in [-0.3, -0.25) is 9.59 Å². The van der Waals surface area contributed by atoms with Gasteiger partial charge in [0.2, 0.25) is 5.91 Å². The number of hydrogen-bond donors (Lipinski definition) is 0. The van der Waals surface area contributed by atoms with Gasteiger partial charge in [0.25, 0.3) is 0 Å². The Kier molecular flexibility index (Phi) is 7.38. The van der Waals surface area contributed by atoms with Crippen LogP contribution >= 0.6 is 0 Å². The molecule has 8 rings (SSSR count). The van der Waals surface area contributed by atoms with E-state index >= 15 is 4.79 Å². The van der Waals surface area contributed by atoms with Gasteiger partial charge in [-0.05, 0) is 117 Å². The minimum Gasteiger partial charge on any atom is -0.462 e. The summed E-state index contributed by atoms with van der Waals surface area (Å²) in [4.78, 5) is 29.7. The molecule has 0 aromatic rings. The Balaban J connectivity index is 1.22. The number of fused-ring (bicyclic) bond motifs is 11. The van der Waals surface area contributed by atoms with Gasteiger partial charge in [0, 0.05) is 31.2 Å². The van der Waals surface area contributed by atoms with Crippen LogP contribution in [0.2, 0.25) is 0 Å². The van der Waals surface area contributed by atoms with Crippen molar-refractivity contribution in [3.63, 3.8) is 0 Å². The molecule has 10 atom stereocenters. The first-order chi connectivity index (χ1) is 21.0. The van der Waals surface area contributed by atoms with E-state index < -0.39 is 0 Å². The van der Waals surface area contributed by atoms with Crippen LogP contribution in [0, 0.1) is 56.7 Å². The lowest BCUT2D eigenvalue weighted by atomic mass is 9.32. The number of esters is 1. The standard InChI is InChI=1S/C40H65N2O3/c1-26(2)29-12-19-40(35(44)41-22-25-42(9)23-15-28(41)16-24-42)21-20-38(7)30(34(29)40)10-11-32-37(6)17-14-33(45-27(3)43)36(4,5)31(37)13-18-39(32,38)8/h28-34H,1,10-25H2,2-9H3/q+1/t28?,29-,30+,31-,32+,33-,34+,37-,38+,39+,40-,42?/m0/s1. The Morgan fingerprint density at radius 1 is 0.778 bits per heavy atom. The highest BCUT2D eigenvalue weighted by atomic mass is 16.5. The highest BCUT2D eigenvalue weighted by molar-refractivity contribution is 5.84. The first-order valence-electron chi connectivity index (χ1n) is 19.0. The van der Waals surface area contributed by atoms with Crippen LogP contribution in [0.15, 0.2) is 12.2 Å². The normalized spacial score (nSPS) is 51.6. The fourth-order valence-corrected chi connectivity index (χ4v) is 14.7. The average molecular weight is 622 g/mol. The Labute approximate surface area is 274 Å². The Bertz CT molecular complexity index is 1250. The molecule has 0 N–H and O–H groups in total. The number of carbonyl (C=O) groups is 2. The second kappa shape index (κ2) is 10.3. The number of ether oxygens (including phenoxy) is 1. The molecule has 3 saturated heterocycles. The lowest BCUT2D eigenvalue weighted by Gasteiger charge is -2.73. The first kappa shape index (κ1) is 32.2. The summed E-state index contributed by atoms with van der Waals surface area (Å²) in [6.45, 7) is 25.8. The van der Waals surface area contributed by atoms with E-state index in [-0.39, 0.29) is 39.1 Å². The highest BCUT2D eigenvalue weighted by Gasteiger charge is 2.72. The SMILES string of the molecule is C=C(C)[C@@H]1CC[C@]2(C(=O)N3CC[N+]4(C)CCC3CC4)CC[C@]3(C)[C@H](CC[C@@H]4[C@@]5(C)CC[C@H](OC(C)=O)C(C)(C)[C@@H]5CC[C@]43C)[C@@H]12. The van der Waals surface area contributed by atoms with E-state index in [0.29, 0.717) is 41.5 Å². The van der Waals surface area contributed by atoms with Crippen LogP contribution in [-0.4, -0.2) is 66.6 Å². The van der Waals surface area contributed by atoms with E-state index in [1.54, 1.807) is 6.92 Å². The highest BCUT2D eigenvalue weighted by Crippen LogP contribution is 2.77. The zero-order valence-corrected chi connectivity index (χ0v) is 30.2. The molecule has 3 heterocycles. The lowest BCUT2D eigenvalue weighted by Crippen LogP contribution is -2.67. The molecule has 45 heavy (non-hydrogen) atoms. The Hall–Kier alpha value is -1.36. The average Bonchev–Trinajstić information content (AvgIpc) is 3.19. The molecular formula is C40H65N2O3+. The fourth-order valence-electron chi connectivity index (χ4n) is 14.7. The molecule has 5 heteroatoms. The maximum Gasteiger partial charge on any atom is 0.302 e. The van der Waals surface area contributed by atoms with E-state index in [9.17, 15) is 4.79 Å². The van der Waals surface area contributed by atoms with Gasteiger partial charge in [0.05, 0.1) is 38.6 Å². The molecule has 8 aliphatic rings. The Morgan fingerprint density at radius 2 is 1.49 bits per heavy atom. The fraction of sp³-hybridized carbons (Fsp3) is 0.900. The van der Waals surface area contributed by atoms with Crippen molar-refractivity contribution in [3.8, 4) is 0 Å². The predicted molar refractivity (Wildman–Crippen MR) is 180 cm³/mol. The summed E-state index contributed by atoms with van der Waals surface area (Å²) in [5.74, 6) is 3.16. The van der Waals surface area contributed by atoms with Gasteiger partial charge in [0.1, 0.15) is 6.10 Å². The van der Waals surface area contributed by atoms with Gasteiger partial charge in [-0.25, -0.2) is 0 Å². The van der Waals surface area contributed by atoms with Crippen LogP contribution < -0.4 is 0 Å². The second-order valence-electron chi connectivity index (χ2n) is 19.3. The third-order valence-electron chi connectivity index (χ3n) is 17.3. The third kappa shape index (κ3) is 4.32. The van der Waals surface area contributed by atoms with Crippen LogP contribution in [0.25, 0.3) is 0 Å². The van der Waals surface area contributed by atoms with Crippen molar-refractivity contribution in [3.05, 3.63) is 12.2 Å². The van der Waals surface area contributed by atoms with Crippen molar-refractivity contribution in [1.82, 2.24) is 4.90 Å². The van der Waals surface area contributed by atoms with Crippen molar-refractivity contribution in [2.24, 2.45) is 56.7 Å². The smallest absolute Gasteiger partial charge is 0.302 e. The summed E-state index contributed by atoms with van der Waals surface area (Å²) >= 11 is 0. The van der Waals surface area contributed by atoms with Crippen LogP contribution in [0.4, 0.5) is 0 Å². The molecule has 5 aliphatic carbocycles. The third-order valence-corrected chi connectivity index (χ3v) is 17.3. The monoisotopic (exact) mass is 621 g/mol. The van der Waals surface area contributed by atoms with Crippen molar-refractivity contribution in [2.75, 3.05) is 33.2 Å². The summed E-state index contributed by atoms with van der Waals surface area (Å²) in [5.41, 5.74) is 1.87. The predicted octanol–water partition coefficient (Wildman–Crippen LogP) is 8.03. The number of rotatable bonds is 3. The number of amides is 1. The van der Waals surface area contributed by atoms with Crippen molar-refractivity contribution in [2.45, 2.75) is 138 Å². The molecule has 3 aliphatic heterocycles. The molecule has 252 valence electrons. The summed E-state index contributed by atoms with van der Waals surface area (Å²) < 4.78 is 7.14. The van der Waals surface area contributed by atoms with E-state index in [1.807, 2.05) is 0 Å². The molecule has 0 unspecified atom stereocenters. The zero-order chi connectivity index (χ0) is 32.4. The van der Waals surface area contributed by atoms with Gasteiger partial charge >= 0.3 is 5.97 Å². The van der Waals surface area contributed by atoms with Crippen molar-refractivity contribution in [1.29, 1.82) is 0 Å². The molecule has 0 radical (unpaired) electrons. The quantitative estimate of drug-likeness (QED) is 0.182. The maximum atomic E-state index is 15.2. The lowest BCUT2D eigenvalue weighted by molar-refractivity contribution is -0.910. The van der Waals surface area contributed by atoms with Gasteiger partial charge in [-0.15, -0.1) is 0 Å². The molecule has 0 aromatic carbocycles. The number of allylic oxidation sites excluding steroid dienone is 1. The van der Waals surface area contributed by atoms with E-state index in [1.165, 1.54) is 63.6 Å². The molecule has 5 saturated carbocycles. The number of carbonyl (C=O) groups excluding carboxylic acids is 2. The maximum absolute atomic E-state index is 15.2. The largest absolute Gasteiger partial charge is 0.462 e. The number of hydrogen-bond acceptors (Lipinski definition) is 3. The Morgan fingerprint density at radius 3 is 2.16 bits per heavy atom. The van der Waals surface area contributed by atoms with Crippen molar-refractivity contribution < 1.29 is 18.8 Å². The topological polar surface area (TPSA) is 46.6 Å². The summed E-state index contributed by atoms with van der Waals surface area (Å²) in [7, 11) is 2.42. The summed E-state index contributed by atoms with van der Waals surface area (Å²) in [5, 5.41) is 0. The zero-order valence-electron chi connectivity index (χ0n) is 30.2. The summed E-state index contributed by atoms with van der Waals surface area (Å²) in [6, 6.07) is 0.451. The van der Waals surface area contributed by atoms with Crippen LogP contribution in [0.1, 0.15) is 126 Å². The molecular weight excluding hydrogens is 556 g/mol. The molecule has 1 amide bonds. The van der Waals surface area contributed by atoms with Crippen LogP contribution in [0.5, 0.6) is 0 Å². The van der Waals surface area contributed by atoms with E-state index in [4.69, 9.17) is 4.74 Å². The van der Waals surface area contributed by atoms with Crippen molar-refractivity contribution >= 4 is 11.9 Å². The minimum absolute atomic E-state index is 0.00935. The van der Waals surface area contributed by atoms with Gasteiger partial charge in [-0.1, -0.05) is 46.8 Å². The number of piperidine rings is 1. The second-order valence-corrected chi connectivity index (χ2v) is 19.3. The molecule has 0 aromatic heterocycles. The number of quaternary nitrogens is 1. The van der Waals surface area contributed by atoms with Crippen LogP contribution in [-0.2, 0) is 14.3 Å². The molecule has 0 spiro atoms. The van der Waals surface area contributed by atoms with E-state index in [2.05, 4.69) is 60.1 Å². The first-order valence-corrected chi connectivity index (χ1v) is 19.0. The molecule has 8 fully saturated rings.